The summed E-state index contributed by atoms with van der Waals surface area (Å²) in [6.45, 7) is 6.47. The fourth-order valence-corrected chi connectivity index (χ4v) is 7.60. The molecule has 0 aliphatic heterocycles. The van der Waals surface area contributed by atoms with E-state index in [4.69, 9.17) is 14.2 Å². The molecule has 0 fully saturated rings. The molecule has 0 heterocycles. The largest absolute Gasteiger partial charge is 0.462 e. The molecule has 0 radical (unpaired) electrons. The van der Waals surface area contributed by atoms with Gasteiger partial charge in [-0.05, 0) is 77.0 Å². The first kappa shape index (κ1) is 61.9. The van der Waals surface area contributed by atoms with Crippen LogP contribution in [-0.4, -0.2) is 37.2 Å². The summed E-state index contributed by atoms with van der Waals surface area (Å²) < 4.78 is 16.8. The summed E-state index contributed by atoms with van der Waals surface area (Å²) in [6, 6.07) is 0. The van der Waals surface area contributed by atoms with Crippen molar-refractivity contribution in [1.29, 1.82) is 0 Å². The van der Waals surface area contributed by atoms with E-state index in [1.165, 1.54) is 148 Å². The molecule has 6 nitrogen and oxygen atoms in total. The van der Waals surface area contributed by atoms with Gasteiger partial charge in [-0.25, -0.2) is 0 Å². The maximum atomic E-state index is 12.8. The topological polar surface area (TPSA) is 78.9 Å². The molecular weight excluding hydrogens is 805 g/mol. The summed E-state index contributed by atoms with van der Waals surface area (Å²) in [5, 5.41) is 0. The highest BCUT2D eigenvalue weighted by Crippen LogP contribution is 2.15. The average molecular weight is 907 g/mol. The van der Waals surface area contributed by atoms with Crippen molar-refractivity contribution in [2.45, 2.75) is 271 Å². The lowest BCUT2D eigenvalue weighted by molar-refractivity contribution is -0.166. The number of rotatable bonds is 49. The van der Waals surface area contributed by atoms with Crippen molar-refractivity contribution >= 4 is 17.9 Å². The lowest BCUT2D eigenvalue weighted by atomic mass is 10.0. The van der Waals surface area contributed by atoms with Gasteiger partial charge in [0.2, 0.25) is 0 Å². The lowest BCUT2D eigenvalue weighted by Gasteiger charge is -2.18. The second-order valence-electron chi connectivity index (χ2n) is 18.1. The van der Waals surface area contributed by atoms with E-state index in [0.29, 0.717) is 19.3 Å². The molecule has 1 atom stereocenters. The normalized spacial score (nSPS) is 12.6. The third kappa shape index (κ3) is 51.7. The summed E-state index contributed by atoms with van der Waals surface area (Å²) in [6.07, 6.45) is 67.6. The number of esters is 3. The standard InChI is InChI=1S/C59H102O6/c1-4-7-10-13-16-19-22-25-28-30-32-34-37-40-43-46-49-52-58(61)64-55-56(54-63-57(60)51-48-45-42-39-36-33-27-24-21-18-15-12-9-6-3)65-59(62)53-50-47-44-41-38-35-31-29-26-23-20-17-14-11-8-5-2/h8,11,17,20,25-26,28-29,35,38,44,47,56H,4-7,9-10,12-16,18-19,21-24,27,30-34,36-37,39-43,45-46,48-55H2,1-3H3/b11-8-,20-17-,28-25-,29-26-,38-35-,47-44-. The predicted molar refractivity (Wildman–Crippen MR) is 279 cm³/mol. The average Bonchev–Trinajstić information content (AvgIpc) is 3.30. The molecule has 0 aliphatic rings. The maximum absolute atomic E-state index is 12.8. The van der Waals surface area contributed by atoms with Gasteiger partial charge in [-0.1, -0.05) is 241 Å². The van der Waals surface area contributed by atoms with Gasteiger partial charge in [0.15, 0.2) is 6.10 Å². The Balaban J connectivity index is 4.47. The summed E-state index contributed by atoms with van der Waals surface area (Å²) in [5.41, 5.74) is 0. The molecular formula is C59H102O6. The molecule has 1 unspecified atom stereocenters. The Kier molecular flexibility index (Phi) is 50.9. The highest BCUT2D eigenvalue weighted by Gasteiger charge is 2.19. The zero-order chi connectivity index (χ0) is 47.2. The van der Waals surface area contributed by atoms with Gasteiger partial charge >= 0.3 is 17.9 Å². The quantitative estimate of drug-likeness (QED) is 0.0262. The van der Waals surface area contributed by atoms with Crippen LogP contribution in [0.3, 0.4) is 0 Å². The van der Waals surface area contributed by atoms with E-state index in [2.05, 4.69) is 87.6 Å². The van der Waals surface area contributed by atoms with E-state index >= 15 is 0 Å². The van der Waals surface area contributed by atoms with Crippen LogP contribution >= 0.6 is 0 Å². The van der Waals surface area contributed by atoms with Gasteiger partial charge < -0.3 is 14.2 Å². The number of carbonyl (C=O) groups excluding carboxylic acids is 3. The van der Waals surface area contributed by atoms with Gasteiger partial charge in [-0.2, -0.15) is 0 Å². The second kappa shape index (κ2) is 53.5. The lowest BCUT2D eigenvalue weighted by Crippen LogP contribution is -2.30. The van der Waals surface area contributed by atoms with Crippen LogP contribution in [-0.2, 0) is 28.6 Å². The van der Waals surface area contributed by atoms with Crippen molar-refractivity contribution in [1.82, 2.24) is 0 Å². The Labute approximate surface area is 402 Å². The van der Waals surface area contributed by atoms with Crippen LogP contribution in [0.25, 0.3) is 0 Å². The second-order valence-corrected chi connectivity index (χ2v) is 18.1. The molecule has 0 saturated heterocycles. The van der Waals surface area contributed by atoms with Crippen LogP contribution in [0.1, 0.15) is 265 Å². The van der Waals surface area contributed by atoms with Gasteiger partial charge in [0.25, 0.3) is 0 Å². The van der Waals surface area contributed by atoms with Crippen LogP contribution in [0.4, 0.5) is 0 Å². The van der Waals surface area contributed by atoms with E-state index in [-0.39, 0.29) is 37.5 Å². The molecule has 0 spiro atoms. The molecule has 65 heavy (non-hydrogen) atoms. The number of carbonyl (C=O) groups is 3. The van der Waals surface area contributed by atoms with Gasteiger partial charge in [-0.3, -0.25) is 14.4 Å². The maximum Gasteiger partial charge on any atom is 0.306 e. The van der Waals surface area contributed by atoms with Crippen molar-refractivity contribution in [3.63, 3.8) is 0 Å². The zero-order valence-corrected chi connectivity index (χ0v) is 42.7. The molecule has 0 aliphatic carbocycles. The highest BCUT2D eigenvalue weighted by atomic mass is 16.6. The SMILES string of the molecule is CC/C=C\C/C=C\C/C=C\C/C=C\C/C=C\CCC(=O)OC(COC(=O)CCCCCCCCC/C=C\CCCCCCCC)COC(=O)CCCCCCCCCCCCCCCC. The molecule has 0 bridgehead atoms. The van der Waals surface area contributed by atoms with Crippen LogP contribution < -0.4 is 0 Å². The Hall–Kier alpha value is -3.15. The number of hydrogen-bond donors (Lipinski definition) is 0. The fourth-order valence-electron chi connectivity index (χ4n) is 7.60. The smallest absolute Gasteiger partial charge is 0.306 e. The molecule has 0 aromatic rings. The molecule has 6 heteroatoms. The minimum Gasteiger partial charge on any atom is -0.462 e. The third-order valence-corrected chi connectivity index (χ3v) is 11.7. The van der Waals surface area contributed by atoms with Crippen molar-refractivity contribution in [3.05, 3.63) is 72.9 Å². The highest BCUT2D eigenvalue weighted by molar-refractivity contribution is 5.71. The van der Waals surface area contributed by atoms with Crippen LogP contribution in [0.2, 0.25) is 0 Å². The van der Waals surface area contributed by atoms with E-state index in [9.17, 15) is 14.4 Å². The first-order valence-corrected chi connectivity index (χ1v) is 27.4. The van der Waals surface area contributed by atoms with E-state index in [0.717, 1.165) is 70.6 Å². The predicted octanol–water partition coefficient (Wildman–Crippen LogP) is 18.2. The first-order valence-electron chi connectivity index (χ1n) is 27.4. The Morgan fingerprint density at radius 2 is 0.631 bits per heavy atom. The number of hydrogen-bond acceptors (Lipinski definition) is 6. The van der Waals surface area contributed by atoms with Crippen molar-refractivity contribution in [2.24, 2.45) is 0 Å². The van der Waals surface area contributed by atoms with Gasteiger partial charge in [-0.15, -0.1) is 0 Å². The van der Waals surface area contributed by atoms with Crippen molar-refractivity contribution in [2.75, 3.05) is 13.2 Å². The Morgan fingerprint density at radius 3 is 1.00 bits per heavy atom. The van der Waals surface area contributed by atoms with Crippen LogP contribution in [0.15, 0.2) is 72.9 Å². The number of unbranched alkanes of at least 4 members (excludes halogenated alkanes) is 26. The molecule has 0 amide bonds. The van der Waals surface area contributed by atoms with Gasteiger partial charge in [0.1, 0.15) is 13.2 Å². The van der Waals surface area contributed by atoms with Gasteiger partial charge in [0.05, 0.1) is 0 Å². The minimum absolute atomic E-state index is 0.104. The summed E-state index contributed by atoms with van der Waals surface area (Å²) >= 11 is 0. The van der Waals surface area contributed by atoms with Crippen molar-refractivity contribution < 1.29 is 28.6 Å². The molecule has 374 valence electrons. The number of ether oxygens (including phenoxy) is 3. The molecule has 0 N–H and O–H groups in total. The third-order valence-electron chi connectivity index (χ3n) is 11.7. The van der Waals surface area contributed by atoms with E-state index in [1.54, 1.807) is 0 Å². The summed E-state index contributed by atoms with van der Waals surface area (Å²) in [5.74, 6) is -0.986. The monoisotopic (exact) mass is 907 g/mol. The Morgan fingerprint density at radius 1 is 0.323 bits per heavy atom. The van der Waals surface area contributed by atoms with E-state index in [1.807, 2.05) is 6.08 Å². The van der Waals surface area contributed by atoms with Crippen LogP contribution in [0.5, 0.6) is 0 Å². The molecule has 0 aromatic heterocycles. The summed E-state index contributed by atoms with van der Waals surface area (Å²) in [7, 11) is 0. The van der Waals surface area contributed by atoms with E-state index < -0.39 is 6.10 Å². The number of allylic oxidation sites excluding steroid dienone is 12. The minimum atomic E-state index is -0.814. The zero-order valence-electron chi connectivity index (χ0n) is 42.7. The van der Waals surface area contributed by atoms with Crippen LogP contribution in [0, 0.1) is 0 Å². The van der Waals surface area contributed by atoms with Crippen molar-refractivity contribution in [3.8, 4) is 0 Å². The van der Waals surface area contributed by atoms with Gasteiger partial charge in [0, 0.05) is 19.3 Å². The first-order chi connectivity index (χ1) is 32.0. The fraction of sp³-hybridized carbons (Fsp3) is 0.746. The molecule has 0 saturated carbocycles. The Bertz CT molecular complexity index is 1230. The molecule has 0 rings (SSSR count). The molecule has 0 aromatic carbocycles. The summed E-state index contributed by atoms with van der Waals surface area (Å²) in [4.78, 5) is 38.0.